The molecule has 1 aromatic heterocycles. The number of aromatic nitrogens is 1. The van der Waals surface area contributed by atoms with Crippen molar-refractivity contribution < 1.29 is 18.0 Å². The monoisotopic (exact) mass is 384 g/mol. The molecular formula is C19H27F3N4O. The Balaban J connectivity index is 1.70. The Hall–Kier alpha value is -1.83. The van der Waals surface area contributed by atoms with Crippen LogP contribution >= 0.6 is 0 Å². The van der Waals surface area contributed by atoms with Crippen molar-refractivity contribution in [1.82, 2.24) is 9.88 Å². The maximum absolute atomic E-state index is 13.3. The molecule has 27 heavy (non-hydrogen) atoms. The number of amides is 1. The topological polar surface area (TPSA) is 62.5 Å². The van der Waals surface area contributed by atoms with Crippen LogP contribution in [0.25, 0.3) is 0 Å². The normalized spacial score (nSPS) is 26.7. The minimum atomic E-state index is -4.46. The summed E-state index contributed by atoms with van der Waals surface area (Å²) in [7, 11) is 1.81. The molecule has 0 radical (unpaired) electrons. The number of halogens is 3. The predicted molar refractivity (Wildman–Crippen MR) is 97.2 cm³/mol. The molecule has 2 heterocycles. The highest BCUT2D eigenvalue weighted by atomic mass is 19.4. The number of hydrogen-bond donors (Lipinski definition) is 1. The van der Waals surface area contributed by atoms with Gasteiger partial charge in [-0.3, -0.25) is 4.79 Å². The third kappa shape index (κ3) is 4.54. The fourth-order valence-electron chi connectivity index (χ4n) is 4.20. The van der Waals surface area contributed by atoms with Crippen molar-refractivity contribution in [2.24, 2.45) is 11.7 Å². The average Bonchev–Trinajstić information content (AvgIpc) is 2.67. The third-order valence-corrected chi connectivity index (χ3v) is 5.80. The van der Waals surface area contributed by atoms with Crippen LogP contribution in [-0.4, -0.2) is 48.0 Å². The largest absolute Gasteiger partial charge is 0.419 e. The van der Waals surface area contributed by atoms with Crippen LogP contribution in [0.2, 0.25) is 0 Å². The van der Waals surface area contributed by atoms with E-state index in [1.54, 1.807) is 9.80 Å². The summed E-state index contributed by atoms with van der Waals surface area (Å²) in [5.74, 6) is -0.360. The van der Waals surface area contributed by atoms with Gasteiger partial charge in [0.05, 0.1) is 11.5 Å². The first-order valence-corrected chi connectivity index (χ1v) is 9.56. The Labute approximate surface area is 157 Å². The van der Waals surface area contributed by atoms with Gasteiger partial charge in [-0.05, 0) is 50.7 Å². The fourth-order valence-corrected chi connectivity index (χ4v) is 4.20. The van der Waals surface area contributed by atoms with Gasteiger partial charge in [0.2, 0.25) is 5.91 Å². The molecule has 0 bridgehead atoms. The summed E-state index contributed by atoms with van der Waals surface area (Å²) in [6, 6.07) is 2.72. The van der Waals surface area contributed by atoms with E-state index in [1.165, 1.54) is 12.3 Å². The minimum absolute atomic E-state index is 0.0182. The summed E-state index contributed by atoms with van der Waals surface area (Å²) in [5, 5.41) is 0. The first-order valence-electron chi connectivity index (χ1n) is 9.56. The molecule has 1 aliphatic carbocycles. The summed E-state index contributed by atoms with van der Waals surface area (Å²) in [4.78, 5) is 20.3. The van der Waals surface area contributed by atoms with Crippen LogP contribution in [0.4, 0.5) is 19.0 Å². The number of pyridine rings is 1. The van der Waals surface area contributed by atoms with Gasteiger partial charge in [-0.25, -0.2) is 4.98 Å². The molecule has 0 spiro atoms. The molecule has 1 amide bonds. The van der Waals surface area contributed by atoms with Crippen molar-refractivity contribution in [2.45, 2.75) is 56.8 Å². The zero-order chi connectivity index (χ0) is 19.6. The standard InChI is InChI=1S/C19H27F3N4O/c1-25(15-8-6-14(23)7-9-15)18(27)13-4-3-11-26(12-13)17-16(19(20,21)22)5-2-10-24-17/h2,5,10,13-15H,3-4,6-9,11-12,23H2,1H3. The van der Waals surface area contributed by atoms with Crippen molar-refractivity contribution in [3.05, 3.63) is 23.9 Å². The molecule has 1 unspecified atom stereocenters. The van der Waals surface area contributed by atoms with Gasteiger partial charge in [0.1, 0.15) is 5.82 Å². The molecule has 2 N–H and O–H groups in total. The van der Waals surface area contributed by atoms with Gasteiger partial charge in [0.25, 0.3) is 0 Å². The van der Waals surface area contributed by atoms with E-state index >= 15 is 0 Å². The Morgan fingerprint density at radius 2 is 1.96 bits per heavy atom. The maximum Gasteiger partial charge on any atom is 0.419 e. The molecule has 8 heteroatoms. The predicted octanol–water partition coefficient (Wildman–Crippen LogP) is 3.05. The Morgan fingerprint density at radius 3 is 2.63 bits per heavy atom. The molecule has 2 aliphatic rings. The second-order valence-corrected chi connectivity index (χ2v) is 7.68. The molecule has 3 rings (SSSR count). The Bertz CT molecular complexity index is 659. The van der Waals surface area contributed by atoms with E-state index < -0.39 is 11.7 Å². The molecule has 1 saturated heterocycles. The highest BCUT2D eigenvalue weighted by Crippen LogP contribution is 2.36. The number of carbonyl (C=O) groups excluding carboxylic acids is 1. The number of anilines is 1. The summed E-state index contributed by atoms with van der Waals surface area (Å²) in [6.45, 7) is 0.751. The summed E-state index contributed by atoms with van der Waals surface area (Å²) >= 11 is 0. The average molecular weight is 384 g/mol. The van der Waals surface area contributed by atoms with Crippen molar-refractivity contribution in [3.63, 3.8) is 0 Å². The zero-order valence-corrected chi connectivity index (χ0v) is 15.6. The lowest BCUT2D eigenvalue weighted by molar-refractivity contribution is -0.137. The third-order valence-electron chi connectivity index (χ3n) is 5.80. The molecule has 1 atom stereocenters. The van der Waals surface area contributed by atoms with Gasteiger partial charge in [0.15, 0.2) is 0 Å². The summed E-state index contributed by atoms with van der Waals surface area (Å²) in [6.07, 6.45) is 1.86. The highest BCUT2D eigenvalue weighted by Gasteiger charge is 2.38. The summed E-state index contributed by atoms with van der Waals surface area (Å²) < 4.78 is 39.9. The van der Waals surface area contributed by atoms with E-state index in [4.69, 9.17) is 5.73 Å². The van der Waals surface area contributed by atoms with E-state index in [0.29, 0.717) is 19.4 Å². The van der Waals surface area contributed by atoms with Gasteiger partial charge in [0, 0.05) is 38.4 Å². The second kappa shape index (κ2) is 8.04. The van der Waals surface area contributed by atoms with Crippen LogP contribution in [0, 0.1) is 5.92 Å². The van der Waals surface area contributed by atoms with E-state index in [9.17, 15) is 18.0 Å². The number of piperidine rings is 1. The van der Waals surface area contributed by atoms with Crippen LogP contribution in [0.5, 0.6) is 0 Å². The number of nitrogens with two attached hydrogens (primary N) is 1. The molecule has 150 valence electrons. The lowest BCUT2D eigenvalue weighted by Crippen LogP contribution is -2.48. The van der Waals surface area contributed by atoms with Crippen molar-refractivity contribution in [3.8, 4) is 0 Å². The zero-order valence-electron chi connectivity index (χ0n) is 15.6. The van der Waals surface area contributed by atoms with Gasteiger partial charge in [-0.2, -0.15) is 13.2 Å². The summed E-state index contributed by atoms with van der Waals surface area (Å²) in [5.41, 5.74) is 5.20. The molecule has 0 aromatic carbocycles. The van der Waals surface area contributed by atoms with E-state index in [0.717, 1.165) is 31.7 Å². The number of rotatable bonds is 3. The van der Waals surface area contributed by atoms with Crippen molar-refractivity contribution in [1.29, 1.82) is 0 Å². The minimum Gasteiger partial charge on any atom is -0.355 e. The number of nitrogens with zero attached hydrogens (tertiary/aromatic N) is 3. The highest BCUT2D eigenvalue weighted by molar-refractivity contribution is 5.80. The van der Waals surface area contributed by atoms with Crippen LogP contribution in [0.3, 0.4) is 0 Å². The lowest BCUT2D eigenvalue weighted by Gasteiger charge is -2.39. The molecule has 5 nitrogen and oxygen atoms in total. The maximum atomic E-state index is 13.3. The van der Waals surface area contributed by atoms with Gasteiger partial charge >= 0.3 is 6.18 Å². The van der Waals surface area contributed by atoms with Crippen LogP contribution < -0.4 is 10.6 Å². The van der Waals surface area contributed by atoms with Crippen molar-refractivity contribution >= 4 is 11.7 Å². The van der Waals surface area contributed by atoms with Crippen LogP contribution in [-0.2, 0) is 11.0 Å². The Morgan fingerprint density at radius 1 is 1.26 bits per heavy atom. The molecule has 1 aliphatic heterocycles. The second-order valence-electron chi connectivity index (χ2n) is 7.68. The Kier molecular flexibility index (Phi) is 5.93. The molecular weight excluding hydrogens is 357 g/mol. The fraction of sp³-hybridized carbons (Fsp3) is 0.684. The quantitative estimate of drug-likeness (QED) is 0.870. The first-order chi connectivity index (χ1) is 12.8. The van der Waals surface area contributed by atoms with Crippen LogP contribution in [0.15, 0.2) is 18.3 Å². The molecule has 1 saturated carbocycles. The van der Waals surface area contributed by atoms with Crippen LogP contribution in [0.1, 0.15) is 44.1 Å². The SMILES string of the molecule is CN(C(=O)C1CCCN(c2ncccc2C(F)(F)F)C1)C1CCC(N)CC1. The number of alkyl halides is 3. The van der Waals surface area contributed by atoms with Gasteiger partial charge in [-0.15, -0.1) is 0 Å². The first kappa shape index (κ1) is 19.9. The van der Waals surface area contributed by atoms with Gasteiger partial charge in [-0.1, -0.05) is 0 Å². The van der Waals surface area contributed by atoms with Gasteiger partial charge < -0.3 is 15.5 Å². The van der Waals surface area contributed by atoms with E-state index in [1.807, 2.05) is 7.05 Å². The molecule has 1 aromatic rings. The van der Waals surface area contributed by atoms with E-state index in [-0.39, 0.29) is 36.3 Å². The number of carbonyl (C=O) groups is 1. The lowest BCUT2D eigenvalue weighted by atomic mass is 9.89. The smallest absolute Gasteiger partial charge is 0.355 e. The van der Waals surface area contributed by atoms with E-state index in [2.05, 4.69) is 4.98 Å². The number of hydrogen-bond acceptors (Lipinski definition) is 4. The van der Waals surface area contributed by atoms with Crippen molar-refractivity contribution in [2.75, 3.05) is 25.0 Å². The molecule has 2 fully saturated rings.